The normalized spacial score (nSPS) is 13.3. The molecule has 0 radical (unpaired) electrons. The third-order valence-corrected chi connectivity index (χ3v) is 3.91. The summed E-state index contributed by atoms with van der Waals surface area (Å²) in [6.07, 6.45) is 2.20. The third-order valence-electron chi connectivity index (χ3n) is 2.83. The van der Waals surface area contributed by atoms with Gasteiger partial charge >= 0.3 is 0 Å². The van der Waals surface area contributed by atoms with Crippen molar-refractivity contribution in [3.8, 4) is 0 Å². The molecule has 1 rings (SSSR count). The molecule has 0 aliphatic heterocycles. The van der Waals surface area contributed by atoms with E-state index in [9.17, 15) is 0 Å². The highest BCUT2D eigenvalue weighted by atomic mass is 32.1. The summed E-state index contributed by atoms with van der Waals surface area (Å²) in [6, 6.07) is 0.583. The monoisotopic (exact) mass is 255 g/mol. The van der Waals surface area contributed by atoms with E-state index < -0.39 is 0 Å². The fourth-order valence-electron chi connectivity index (χ4n) is 1.60. The summed E-state index contributed by atoms with van der Waals surface area (Å²) in [5.74, 6) is 0. The number of aryl methyl sites for hydroxylation is 1. The highest BCUT2D eigenvalue weighted by Crippen LogP contribution is 2.20. The summed E-state index contributed by atoms with van der Waals surface area (Å²) in [7, 11) is 4.17. The van der Waals surface area contributed by atoms with Gasteiger partial charge in [-0.25, -0.2) is 4.98 Å². The summed E-state index contributed by atoms with van der Waals surface area (Å²) in [5.41, 5.74) is 1.27. The highest BCUT2D eigenvalue weighted by Gasteiger charge is 2.10. The molecule has 3 nitrogen and oxygen atoms in total. The molecule has 0 fully saturated rings. The zero-order valence-corrected chi connectivity index (χ0v) is 12.5. The zero-order valence-electron chi connectivity index (χ0n) is 11.7. The van der Waals surface area contributed by atoms with Gasteiger partial charge in [0.15, 0.2) is 0 Å². The number of nitrogens with one attached hydrogen (secondary N) is 1. The molecule has 0 aliphatic carbocycles. The summed E-state index contributed by atoms with van der Waals surface area (Å²) < 4.78 is 0. The SMILES string of the molecule is CCc1nc(CN(C)C)sc1CNC(C)CC. The number of thiazole rings is 1. The summed E-state index contributed by atoms with van der Waals surface area (Å²) in [6.45, 7) is 8.53. The van der Waals surface area contributed by atoms with Gasteiger partial charge in [0.05, 0.1) is 5.69 Å². The van der Waals surface area contributed by atoms with Crippen molar-refractivity contribution in [1.82, 2.24) is 15.2 Å². The number of hydrogen-bond donors (Lipinski definition) is 1. The topological polar surface area (TPSA) is 28.2 Å². The van der Waals surface area contributed by atoms with Crippen molar-refractivity contribution in [1.29, 1.82) is 0 Å². The molecule has 1 atom stereocenters. The lowest BCUT2D eigenvalue weighted by Crippen LogP contribution is -2.24. The van der Waals surface area contributed by atoms with Gasteiger partial charge in [-0.1, -0.05) is 13.8 Å². The first-order valence-corrected chi connectivity index (χ1v) is 7.24. The van der Waals surface area contributed by atoms with Crippen LogP contribution in [0.25, 0.3) is 0 Å². The predicted octanol–water partition coefficient (Wildman–Crippen LogP) is 2.66. The van der Waals surface area contributed by atoms with Crippen LogP contribution in [0.3, 0.4) is 0 Å². The van der Waals surface area contributed by atoms with E-state index in [1.165, 1.54) is 22.0 Å². The second-order valence-corrected chi connectivity index (χ2v) is 5.93. The molecule has 0 saturated heterocycles. The van der Waals surface area contributed by atoms with Crippen LogP contribution in [0.2, 0.25) is 0 Å². The average Bonchev–Trinajstić information content (AvgIpc) is 2.67. The van der Waals surface area contributed by atoms with Gasteiger partial charge in [0, 0.05) is 24.0 Å². The molecular weight excluding hydrogens is 230 g/mol. The van der Waals surface area contributed by atoms with Gasteiger partial charge in [-0.05, 0) is 33.9 Å². The Morgan fingerprint density at radius 1 is 1.35 bits per heavy atom. The molecule has 1 aromatic heterocycles. The van der Waals surface area contributed by atoms with Crippen LogP contribution >= 0.6 is 11.3 Å². The molecular formula is C13H25N3S. The van der Waals surface area contributed by atoms with Crippen molar-refractivity contribution >= 4 is 11.3 Å². The Hall–Kier alpha value is -0.450. The Morgan fingerprint density at radius 3 is 2.59 bits per heavy atom. The van der Waals surface area contributed by atoms with Crippen molar-refractivity contribution in [3.63, 3.8) is 0 Å². The van der Waals surface area contributed by atoms with Gasteiger partial charge < -0.3 is 10.2 Å². The van der Waals surface area contributed by atoms with Gasteiger partial charge in [-0.15, -0.1) is 11.3 Å². The second-order valence-electron chi connectivity index (χ2n) is 4.76. The first-order valence-electron chi connectivity index (χ1n) is 6.42. The lowest BCUT2D eigenvalue weighted by molar-refractivity contribution is 0.401. The van der Waals surface area contributed by atoms with Crippen LogP contribution in [0.5, 0.6) is 0 Å². The first-order chi connectivity index (χ1) is 8.06. The third kappa shape index (κ3) is 4.74. The Balaban J connectivity index is 2.66. The van der Waals surface area contributed by atoms with E-state index in [4.69, 9.17) is 4.98 Å². The van der Waals surface area contributed by atoms with Crippen molar-refractivity contribution in [2.45, 2.75) is 52.7 Å². The molecule has 0 aliphatic rings. The van der Waals surface area contributed by atoms with E-state index in [-0.39, 0.29) is 0 Å². The molecule has 1 heterocycles. The maximum Gasteiger partial charge on any atom is 0.107 e. The van der Waals surface area contributed by atoms with Crippen molar-refractivity contribution in [2.75, 3.05) is 14.1 Å². The van der Waals surface area contributed by atoms with Crippen molar-refractivity contribution in [2.24, 2.45) is 0 Å². The minimum absolute atomic E-state index is 0.583. The lowest BCUT2D eigenvalue weighted by atomic mass is 10.2. The van der Waals surface area contributed by atoms with E-state index in [1.807, 2.05) is 11.3 Å². The molecule has 1 unspecified atom stereocenters. The standard InChI is InChI=1S/C13H25N3S/c1-6-10(3)14-8-12-11(7-2)15-13(17-12)9-16(4)5/h10,14H,6-9H2,1-5H3. The van der Waals surface area contributed by atoms with Crippen molar-refractivity contribution < 1.29 is 0 Å². The number of aromatic nitrogens is 1. The lowest BCUT2D eigenvalue weighted by Gasteiger charge is -2.10. The van der Waals surface area contributed by atoms with Crippen molar-refractivity contribution in [3.05, 3.63) is 15.6 Å². The molecule has 1 N–H and O–H groups in total. The van der Waals surface area contributed by atoms with E-state index in [2.05, 4.69) is 45.1 Å². The molecule has 1 aromatic rings. The van der Waals surface area contributed by atoms with Crippen LogP contribution in [0.4, 0.5) is 0 Å². The number of hydrogen-bond acceptors (Lipinski definition) is 4. The summed E-state index contributed by atoms with van der Waals surface area (Å²) in [5, 5.41) is 4.78. The van der Waals surface area contributed by atoms with Crippen LogP contribution in [0.15, 0.2) is 0 Å². The molecule has 0 amide bonds. The zero-order chi connectivity index (χ0) is 12.8. The molecule has 98 valence electrons. The number of rotatable bonds is 7. The molecule has 0 spiro atoms. The van der Waals surface area contributed by atoms with E-state index in [0.717, 1.165) is 19.5 Å². The number of nitrogens with zero attached hydrogens (tertiary/aromatic N) is 2. The fraction of sp³-hybridized carbons (Fsp3) is 0.769. The smallest absolute Gasteiger partial charge is 0.107 e. The van der Waals surface area contributed by atoms with Crippen LogP contribution in [-0.4, -0.2) is 30.0 Å². The average molecular weight is 255 g/mol. The predicted molar refractivity (Wildman–Crippen MR) is 75.5 cm³/mol. The summed E-state index contributed by atoms with van der Waals surface area (Å²) >= 11 is 1.85. The first kappa shape index (κ1) is 14.6. The maximum atomic E-state index is 4.71. The summed E-state index contributed by atoms with van der Waals surface area (Å²) in [4.78, 5) is 8.29. The van der Waals surface area contributed by atoms with Gasteiger partial charge in [-0.2, -0.15) is 0 Å². The minimum atomic E-state index is 0.583. The van der Waals surface area contributed by atoms with Gasteiger partial charge in [0.25, 0.3) is 0 Å². The molecule has 0 bridgehead atoms. The quantitative estimate of drug-likeness (QED) is 0.812. The van der Waals surface area contributed by atoms with Gasteiger partial charge in [0.1, 0.15) is 5.01 Å². The Morgan fingerprint density at radius 2 is 2.06 bits per heavy atom. The maximum absolute atomic E-state index is 4.71. The van der Waals surface area contributed by atoms with Gasteiger partial charge in [0.2, 0.25) is 0 Å². The minimum Gasteiger partial charge on any atom is -0.309 e. The largest absolute Gasteiger partial charge is 0.309 e. The van der Waals surface area contributed by atoms with E-state index >= 15 is 0 Å². The van der Waals surface area contributed by atoms with Gasteiger partial charge in [-0.3, -0.25) is 0 Å². The van der Waals surface area contributed by atoms with E-state index in [1.54, 1.807) is 0 Å². The molecule has 17 heavy (non-hydrogen) atoms. The molecule has 4 heteroatoms. The van der Waals surface area contributed by atoms with Crippen LogP contribution in [0.1, 0.15) is 42.8 Å². The van der Waals surface area contributed by atoms with E-state index in [0.29, 0.717) is 6.04 Å². The van der Waals surface area contributed by atoms with Crippen LogP contribution in [-0.2, 0) is 19.5 Å². The Bertz CT molecular complexity index is 333. The van der Waals surface area contributed by atoms with Crippen LogP contribution in [0, 0.1) is 0 Å². The fourth-order valence-corrected chi connectivity index (χ4v) is 2.83. The van der Waals surface area contributed by atoms with Crippen LogP contribution < -0.4 is 5.32 Å². The molecule has 0 saturated carbocycles. The Kier molecular flexibility index (Phi) is 6.09. The second kappa shape index (κ2) is 7.09. The Labute approximate surface area is 109 Å². The highest BCUT2D eigenvalue weighted by molar-refractivity contribution is 7.11. The molecule has 0 aromatic carbocycles.